The normalized spacial score (nSPS) is 17.4. The van der Waals surface area contributed by atoms with Gasteiger partial charge in [-0.25, -0.2) is 8.78 Å². The van der Waals surface area contributed by atoms with E-state index < -0.39 is 34.3 Å². The summed E-state index contributed by atoms with van der Waals surface area (Å²) in [5, 5.41) is 2.84. The lowest BCUT2D eigenvalue weighted by Crippen LogP contribution is -2.51. The Hall–Kier alpha value is -2.07. The third-order valence-electron chi connectivity index (χ3n) is 4.30. The Morgan fingerprint density at radius 1 is 1.07 bits per heavy atom. The van der Waals surface area contributed by atoms with Crippen LogP contribution in [0.4, 0.5) is 14.5 Å². The van der Waals surface area contributed by atoms with Crippen molar-refractivity contribution < 1.29 is 22.0 Å². The maximum Gasteiger partial charge on any atom is 0.282 e. The van der Waals surface area contributed by atoms with Crippen molar-refractivity contribution in [2.75, 3.05) is 25.0 Å². The maximum absolute atomic E-state index is 13.3. The fourth-order valence-electron chi connectivity index (χ4n) is 2.89. The fraction of sp³-hybridized carbons (Fsp3) is 0.278. The van der Waals surface area contributed by atoms with Crippen LogP contribution in [0.25, 0.3) is 0 Å². The first-order chi connectivity index (χ1) is 13.3. The Kier molecular flexibility index (Phi) is 6.29. The summed E-state index contributed by atoms with van der Waals surface area (Å²) >= 11 is 6.11. The van der Waals surface area contributed by atoms with Gasteiger partial charge in [-0.2, -0.15) is 17.0 Å². The van der Waals surface area contributed by atoms with Crippen molar-refractivity contribution in [3.05, 3.63) is 64.7 Å². The third-order valence-corrected chi connectivity index (χ3v) is 6.59. The highest BCUT2D eigenvalue weighted by Gasteiger charge is 2.35. The van der Waals surface area contributed by atoms with Gasteiger partial charge in [0.25, 0.3) is 10.2 Å². The number of benzene rings is 2. The quantitative estimate of drug-likeness (QED) is 0.794. The van der Waals surface area contributed by atoms with E-state index in [1.807, 2.05) is 0 Å². The molecule has 0 spiro atoms. The molecule has 1 N–H and O–H groups in total. The van der Waals surface area contributed by atoms with Crippen molar-refractivity contribution in [3.63, 3.8) is 0 Å². The van der Waals surface area contributed by atoms with Gasteiger partial charge in [-0.3, -0.25) is 4.79 Å². The topological polar surface area (TPSA) is 69.7 Å². The first kappa shape index (κ1) is 20.7. The van der Waals surface area contributed by atoms with Gasteiger partial charge in [0.05, 0.1) is 6.54 Å². The van der Waals surface area contributed by atoms with E-state index in [0.29, 0.717) is 23.6 Å². The highest BCUT2D eigenvalue weighted by molar-refractivity contribution is 7.86. The molecule has 1 fully saturated rings. The van der Waals surface area contributed by atoms with E-state index >= 15 is 0 Å². The van der Waals surface area contributed by atoms with Crippen molar-refractivity contribution in [1.29, 1.82) is 0 Å². The summed E-state index contributed by atoms with van der Waals surface area (Å²) in [5.74, 6) is -2.78. The summed E-state index contributed by atoms with van der Waals surface area (Å²) in [4.78, 5) is 12.2. The molecule has 1 aliphatic rings. The minimum absolute atomic E-state index is 0.0474. The molecular weight excluding hydrogens is 412 g/mol. The van der Waals surface area contributed by atoms with Gasteiger partial charge >= 0.3 is 0 Å². The van der Waals surface area contributed by atoms with Crippen molar-refractivity contribution in [1.82, 2.24) is 8.61 Å². The molecule has 10 heteroatoms. The zero-order valence-electron chi connectivity index (χ0n) is 14.7. The van der Waals surface area contributed by atoms with Crippen LogP contribution in [-0.4, -0.2) is 42.6 Å². The number of halogens is 3. The summed E-state index contributed by atoms with van der Waals surface area (Å²) in [5.41, 5.74) is 0.715. The Morgan fingerprint density at radius 3 is 2.50 bits per heavy atom. The molecule has 0 aromatic heterocycles. The van der Waals surface area contributed by atoms with E-state index in [1.165, 1.54) is 10.4 Å². The van der Waals surface area contributed by atoms with E-state index in [2.05, 4.69) is 5.32 Å². The van der Waals surface area contributed by atoms with Crippen molar-refractivity contribution in [2.24, 2.45) is 0 Å². The van der Waals surface area contributed by atoms with E-state index in [-0.39, 0.29) is 18.8 Å². The van der Waals surface area contributed by atoms with Crippen molar-refractivity contribution in [3.8, 4) is 0 Å². The number of nitrogens with zero attached hydrogens (tertiary/aromatic N) is 2. The molecule has 1 amide bonds. The molecule has 3 rings (SSSR count). The monoisotopic (exact) mass is 429 g/mol. The van der Waals surface area contributed by atoms with Crippen LogP contribution in [0.3, 0.4) is 0 Å². The molecule has 1 heterocycles. The van der Waals surface area contributed by atoms with Gasteiger partial charge in [0.2, 0.25) is 5.91 Å². The van der Waals surface area contributed by atoms with E-state index in [4.69, 9.17) is 11.6 Å². The number of carbonyl (C=O) groups is 1. The Balaban J connectivity index is 1.68. The molecule has 0 radical (unpaired) electrons. The van der Waals surface area contributed by atoms with E-state index in [1.54, 1.807) is 24.3 Å². The van der Waals surface area contributed by atoms with Crippen LogP contribution in [0.15, 0.2) is 42.5 Å². The Morgan fingerprint density at radius 2 is 1.79 bits per heavy atom. The maximum atomic E-state index is 13.3. The minimum Gasteiger partial charge on any atom is -0.325 e. The molecule has 0 saturated carbocycles. The molecule has 0 unspecified atom stereocenters. The second kappa shape index (κ2) is 8.52. The average molecular weight is 430 g/mol. The van der Waals surface area contributed by atoms with Crippen LogP contribution in [-0.2, 0) is 21.5 Å². The second-order valence-electron chi connectivity index (χ2n) is 6.30. The van der Waals surface area contributed by atoms with Gasteiger partial charge in [0, 0.05) is 36.4 Å². The lowest BCUT2D eigenvalue weighted by molar-refractivity contribution is -0.116. The predicted octanol–water partition coefficient (Wildman–Crippen LogP) is 3.01. The standard InChI is InChI=1S/C18H18ClF2N3O3S/c19-15-5-2-1-4-13(15)11-23-8-3-9-24(28(23,26)27)12-18(25)22-14-6-7-16(20)17(21)10-14/h1-2,4-7,10H,3,8-9,11-12H2,(H,22,25). The largest absolute Gasteiger partial charge is 0.325 e. The van der Waals surface area contributed by atoms with Crippen LogP contribution in [0, 0.1) is 11.6 Å². The van der Waals surface area contributed by atoms with Crippen LogP contribution in [0.1, 0.15) is 12.0 Å². The summed E-state index contributed by atoms with van der Waals surface area (Å²) in [6, 6.07) is 9.86. The Labute approximate surface area is 166 Å². The zero-order valence-corrected chi connectivity index (χ0v) is 16.3. The van der Waals surface area contributed by atoms with Gasteiger partial charge in [-0.15, -0.1) is 0 Å². The van der Waals surface area contributed by atoms with Gasteiger partial charge in [-0.05, 0) is 30.2 Å². The van der Waals surface area contributed by atoms with Crippen LogP contribution >= 0.6 is 11.6 Å². The first-order valence-electron chi connectivity index (χ1n) is 8.51. The lowest BCUT2D eigenvalue weighted by atomic mass is 10.2. The number of carbonyl (C=O) groups excluding carboxylic acids is 1. The van der Waals surface area contributed by atoms with Crippen molar-refractivity contribution in [2.45, 2.75) is 13.0 Å². The molecule has 1 aliphatic heterocycles. The predicted molar refractivity (Wildman–Crippen MR) is 102 cm³/mol. The lowest BCUT2D eigenvalue weighted by Gasteiger charge is -2.34. The molecule has 2 aromatic rings. The molecule has 0 aliphatic carbocycles. The minimum atomic E-state index is -3.87. The highest BCUT2D eigenvalue weighted by atomic mass is 35.5. The number of nitrogens with one attached hydrogen (secondary N) is 1. The smallest absolute Gasteiger partial charge is 0.282 e. The summed E-state index contributed by atoms with van der Waals surface area (Å²) in [7, 11) is -3.87. The molecule has 6 nitrogen and oxygen atoms in total. The van der Waals surface area contributed by atoms with Gasteiger partial charge < -0.3 is 5.32 Å². The second-order valence-corrected chi connectivity index (χ2v) is 8.63. The number of hydrogen-bond donors (Lipinski definition) is 1. The SMILES string of the molecule is O=C(CN1CCCN(Cc2ccccc2Cl)S1(=O)=O)Nc1ccc(F)c(F)c1. The fourth-order valence-corrected chi connectivity index (χ4v) is 4.71. The van der Waals surface area contributed by atoms with Gasteiger partial charge in [-0.1, -0.05) is 29.8 Å². The molecule has 150 valence electrons. The van der Waals surface area contributed by atoms with Crippen LogP contribution < -0.4 is 5.32 Å². The van der Waals surface area contributed by atoms with Gasteiger partial charge in [0.1, 0.15) is 0 Å². The van der Waals surface area contributed by atoms with E-state index in [9.17, 15) is 22.0 Å². The number of amides is 1. The van der Waals surface area contributed by atoms with E-state index in [0.717, 1.165) is 16.4 Å². The molecule has 0 bridgehead atoms. The summed E-state index contributed by atoms with van der Waals surface area (Å²) in [6.45, 7) is 0.172. The van der Waals surface area contributed by atoms with Crippen molar-refractivity contribution >= 4 is 33.4 Å². The Bertz CT molecular complexity index is 988. The highest BCUT2D eigenvalue weighted by Crippen LogP contribution is 2.23. The molecular formula is C18H18ClF2N3O3S. The number of hydrogen-bond acceptors (Lipinski definition) is 3. The summed E-state index contributed by atoms with van der Waals surface area (Å²) in [6.07, 6.45) is 0.544. The third kappa shape index (κ3) is 4.67. The first-order valence-corrected chi connectivity index (χ1v) is 10.3. The zero-order chi connectivity index (χ0) is 20.3. The van der Waals surface area contributed by atoms with Gasteiger partial charge in [0.15, 0.2) is 11.6 Å². The van der Waals surface area contributed by atoms with Crippen LogP contribution in [0.2, 0.25) is 5.02 Å². The van der Waals surface area contributed by atoms with Crippen LogP contribution in [0.5, 0.6) is 0 Å². The molecule has 1 saturated heterocycles. The molecule has 0 atom stereocenters. The number of rotatable bonds is 5. The molecule has 2 aromatic carbocycles. The molecule has 28 heavy (non-hydrogen) atoms. The summed E-state index contributed by atoms with van der Waals surface area (Å²) < 4.78 is 54.2. The average Bonchev–Trinajstić information content (AvgIpc) is 2.63. The number of anilines is 1.